The summed E-state index contributed by atoms with van der Waals surface area (Å²) in [6, 6.07) is 12.5. The third kappa shape index (κ3) is 5.10. The number of aromatic carboxylic acids is 1. The van der Waals surface area contributed by atoms with Crippen LogP contribution in [0.2, 0.25) is 0 Å². The van der Waals surface area contributed by atoms with Gasteiger partial charge in [-0.15, -0.1) is 0 Å². The minimum Gasteiger partial charge on any atom is -0.545 e. The summed E-state index contributed by atoms with van der Waals surface area (Å²) in [6.07, 6.45) is 3.92. The molecule has 1 fully saturated rings. The summed E-state index contributed by atoms with van der Waals surface area (Å²) < 4.78 is 5.56. The van der Waals surface area contributed by atoms with Crippen LogP contribution >= 0.6 is 0 Å². The largest absolute Gasteiger partial charge is 0.545 e. The molecular weight excluding hydrogens is 354 g/mol. The molecule has 0 unspecified atom stereocenters. The van der Waals surface area contributed by atoms with E-state index in [4.69, 9.17) is 4.74 Å². The number of hydrogen-bond donors (Lipinski definition) is 2. The van der Waals surface area contributed by atoms with E-state index in [2.05, 4.69) is 16.6 Å². The van der Waals surface area contributed by atoms with Gasteiger partial charge in [-0.2, -0.15) is 5.10 Å². The number of nitrogens with one attached hydrogen (secondary N) is 2. The lowest BCUT2D eigenvalue weighted by atomic mass is 10.0. The van der Waals surface area contributed by atoms with Gasteiger partial charge in [-0.1, -0.05) is 12.1 Å². The van der Waals surface area contributed by atoms with E-state index in [1.165, 1.54) is 50.0 Å². The summed E-state index contributed by atoms with van der Waals surface area (Å²) in [5.74, 6) is -0.270. The predicted octanol–water partition coefficient (Wildman–Crippen LogP) is 1.46. The summed E-state index contributed by atoms with van der Waals surface area (Å²) in [5.41, 5.74) is 6.92. The first-order valence-electron chi connectivity index (χ1n) is 9.69. The Morgan fingerprint density at radius 2 is 1.79 bits per heavy atom. The highest BCUT2D eigenvalue weighted by molar-refractivity contribution is 5.99. The molecule has 1 aliphatic rings. The normalized spacial score (nSPS) is 15.3. The van der Waals surface area contributed by atoms with E-state index in [0.717, 1.165) is 29.3 Å². The van der Waals surface area contributed by atoms with Crippen molar-refractivity contribution >= 4 is 17.4 Å². The van der Waals surface area contributed by atoms with Gasteiger partial charge >= 0.3 is 0 Å². The first kappa shape index (κ1) is 19.9. The Kier molecular flexibility index (Phi) is 6.66. The number of methoxy groups -OCH3 is 1. The zero-order chi connectivity index (χ0) is 19.9. The molecule has 0 bridgehead atoms. The molecule has 28 heavy (non-hydrogen) atoms. The summed E-state index contributed by atoms with van der Waals surface area (Å²) in [7, 11) is 1.71. The van der Waals surface area contributed by atoms with Crippen LogP contribution < -0.4 is 20.2 Å². The third-order valence-electron chi connectivity index (χ3n) is 5.17. The third-order valence-corrected chi connectivity index (χ3v) is 5.17. The van der Waals surface area contributed by atoms with Gasteiger partial charge in [0.2, 0.25) is 0 Å². The predicted molar refractivity (Wildman–Crippen MR) is 108 cm³/mol. The van der Waals surface area contributed by atoms with Crippen LogP contribution in [0.1, 0.15) is 47.7 Å². The molecule has 2 aromatic rings. The number of ether oxygens (including phenoxy) is 1. The topological polar surface area (TPSA) is 78.2 Å². The fourth-order valence-corrected chi connectivity index (χ4v) is 3.53. The second kappa shape index (κ2) is 9.37. The van der Waals surface area contributed by atoms with Crippen molar-refractivity contribution in [3.05, 3.63) is 59.2 Å². The van der Waals surface area contributed by atoms with Crippen LogP contribution in [0.4, 0.5) is 5.69 Å². The molecule has 0 spiro atoms. The first-order chi connectivity index (χ1) is 13.6. The van der Waals surface area contributed by atoms with Crippen molar-refractivity contribution in [1.82, 2.24) is 0 Å². The zero-order valence-electron chi connectivity index (χ0n) is 16.5. The molecule has 3 rings (SSSR count). The number of hydrazone groups is 1. The molecule has 0 aliphatic carbocycles. The first-order valence-corrected chi connectivity index (χ1v) is 9.69. The number of carboxylic acid groups (broad SMARTS) is 1. The molecule has 2 aromatic carbocycles. The van der Waals surface area contributed by atoms with Gasteiger partial charge < -0.3 is 19.5 Å². The van der Waals surface area contributed by atoms with E-state index in [1.807, 2.05) is 19.1 Å². The summed E-state index contributed by atoms with van der Waals surface area (Å²) in [5, 5.41) is 15.3. The van der Waals surface area contributed by atoms with Crippen molar-refractivity contribution in [3.63, 3.8) is 0 Å². The average Bonchev–Trinajstić information content (AvgIpc) is 2.73. The number of carboxylic acids is 1. The van der Waals surface area contributed by atoms with Crippen molar-refractivity contribution in [2.45, 2.75) is 32.7 Å². The van der Waals surface area contributed by atoms with Gasteiger partial charge in [0.05, 0.1) is 37.6 Å². The molecule has 0 atom stereocenters. The van der Waals surface area contributed by atoms with Crippen molar-refractivity contribution in [1.29, 1.82) is 0 Å². The molecule has 0 aromatic heterocycles. The van der Waals surface area contributed by atoms with E-state index in [1.54, 1.807) is 24.1 Å². The minimum atomic E-state index is -1.19. The van der Waals surface area contributed by atoms with Crippen LogP contribution in [0.5, 0.6) is 5.75 Å². The maximum atomic E-state index is 10.8. The molecule has 0 saturated carbocycles. The van der Waals surface area contributed by atoms with E-state index < -0.39 is 5.97 Å². The van der Waals surface area contributed by atoms with Crippen LogP contribution in [-0.2, 0) is 6.54 Å². The van der Waals surface area contributed by atoms with Crippen molar-refractivity contribution in [2.24, 2.45) is 5.10 Å². The molecule has 0 radical (unpaired) electrons. The monoisotopic (exact) mass is 381 g/mol. The Hall–Kier alpha value is -2.86. The van der Waals surface area contributed by atoms with Crippen LogP contribution in [0.25, 0.3) is 0 Å². The molecule has 0 amide bonds. The highest BCUT2D eigenvalue weighted by Gasteiger charge is 2.17. The standard InChI is InChI=1S/C22H27N3O3/c1-16(23-24-20-9-6-17(7-10-20)22(26)27)18-8-11-21(28-2)19(14-18)15-25-12-4-3-5-13-25/h6-11,14,24H,3-5,12-13,15H2,1-2H3,(H,26,27)/b23-16-. The maximum absolute atomic E-state index is 10.8. The number of hydrogen-bond acceptors (Lipinski definition) is 5. The quantitative estimate of drug-likeness (QED) is 0.562. The van der Waals surface area contributed by atoms with E-state index in [0.29, 0.717) is 0 Å². The lowest BCUT2D eigenvalue weighted by molar-refractivity contribution is -0.918. The molecule has 6 nitrogen and oxygen atoms in total. The Morgan fingerprint density at radius 1 is 1.11 bits per heavy atom. The fourth-order valence-electron chi connectivity index (χ4n) is 3.53. The van der Waals surface area contributed by atoms with Crippen LogP contribution in [0, 0.1) is 0 Å². The maximum Gasteiger partial charge on any atom is 0.127 e. The van der Waals surface area contributed by atoms with E-state index in [9.17, 15) is 9.90 Å². The number of rotatable bonds is 7. The smallest absolute Gasteiger partial charge is 0.127 e. The number of anilines is 1. The lowest BCUT2D eigenvalue weighted by Crippen LogP contribution is -3.11. The molecule has 2 N–H and O–H groups in total. The Bertz CT molecular complexity index is 841. The number of nitrogens with zero attached hydrogens (tertiary/aromatic N) is 1. The van der Waals surface area contributed by atoms with Gasteiger partial charge in [-0.3, -0.25) is 5.43 Å². The number of carbonyl (C=O) groups excluding carboxylic acids is 1. The Balaban J connectivity index is 1.72. The van der Waals surface area contributed by atoms with Gasteiger partial charge in [0, 0.05) is 5.56 Å². The molecule has 148 valence electrons. The van der Waals surface area contributed by atoms with Crippen molar-refractivity contribution in [3.8, 4) is 5.75 Å². The molecule has 1 saturated heterocycles. The summed E-state index contributed by atoms with van der Waals surface area (Å²) >= 11 is 0. The lowest BCUT2D eigenvalue weighted by Gasteiger charge is -2.24. The molecule has 1 aliphatic heterocycles. The number of likely N-dealkylation sites (tertiary alicyclic amines) is 1. The zero-order valence-corrected chi connectivity index (χ0v) is 16.5. The Labute approximate surface area is 165 Å². The summed E-state index contributed by atoms with van der Waals surface area (Å²) in [6.45, 7) is 5.33. The van der Waals surface area contributed by atoms with Gasteiger partial charge in [0.15, 0.2) is 0 Å². The second-order valence-corrected chi connectivity index (χ2v) is 7.19. The SMILES string of the molecule is COc1ccc(/C(C)=N\Nc2ccc(C(=O)[O-])cc2)cc1C[NH+]1CCCCC1. The highest BCUT2D eigenvalue weighted by Crippen LogP contribution is 2.20. The van der Waals surface area contributed by atoms with Crippen LogP contribution in [0.3, 0.4) is 0 Å². The second-order valence-electron chi connectivity index (χ2n) is 7.19. The highest BCUT2D eigenvalue weighted by atomic mass is 16.5. The molecule has 1 heterocycles. The average molecular weight is 381 g/mol. The number of benzene rings is 2. The summed E-state index contributed by atoms with van der Waals surface area (Å²) in [4.78, 5) is 12.4. The van der Waals surface area contributed by atoms with E-state index in [-0.39, 0.29) is 5.56 Å². The number of carbonyl (C=O) groups is 1. The van der Waals surface area contributed by atoms with Gasteiger partial charge in [-0.25, -0.2) is 0 Å². The van der Waals surface area contributed by atoms with Gasteiger partial charge in [0.1, 0.15) is 12.3 Å². The van der Waals surface area contributed by atoms with Gasteiger partial charge in [-0.05, 0) is 67.6 Å². The number of piperidine rings is 1. The van der Waals surface area contributed by atoms with Crippen LogP contribution in [-0.4, -0.2) is 31.9 Å². The Morgan fingerprint density at radius 3 is 2.43 bits per heavy atom. The van der Waals surface area contributed by atoms with Crippen LogP contribution in [0.15, 0.2) is 47.6 Å². The van der Waals surface area contributed by atoms with Gasteiger partial charge in [0.25, 0.3) is 0 Å². The molecular formula is C22H27N3O3. The number of quaternary nitrogens is 1. The van der Waals surface area contributed by atoms with Crippen molar-refractivity contribution in [2.75, 3.05) is 25.6 Å². The minimum absolute atomic E-state index is 0.145. The van der Waals surface area contributed by atoms with Crippen molar-refractivity contribution < 1.29 is 19.5 Å². The molecule has 6 heteroatoms. The fraction of sp³-hybridized carbons (Fsp3) is 0.364. The van der Waals surface area contributed by atoms with E-state index >= 15 is 0 Å².